The number of halogens is 2. The number of carbonyl (C=O) groups excluding carboxylic acids is 1. The molecule has 4 rings (SSSR count). The Morgan fingerprint density at radius 2 is 1.63 bits per heavy atom. The molecular formula is C23H20F2N2O3. The SMILES string of the molecule is NC(=O)c1ccc(Oc2c(F)cc(C(N)C3Cc4ccccc4C3)cc2F)cc1O. The van der Waals surface area contributed by atoms with E-state index in [1.165, 1.54) is 35.4 Å². The lowest BCUT2D eigenvalue weighted by atomic mass is 9.91. The lowest BCUT2D eigenvalue weighted by Crippen LogP contribution is -2.22. The van der Waals surface area contributed by atoms with Crippen molar-refractivity contribution < 1.29 is 23.4 Å². The number of primary amides is 1. The molecule has 0 spiro atoms. The van der Waals surface area contributed by atoms with Crippen molar-refractivity contribution in [3.05, 3.63) is 88.5 Å². The van der Waals surface area contributed by atoms with Gasteiger partial charge in [0.25, 0.3) is 5.91 Å². The van der Waals surface area contributed by atoms with Crippen molar-refractivity contribution in [1.82, 2.24) is 0 Å². The van der Waals surface area contributed by atoms with Gasteiger partial charge in [-0.15, -0.1) is 0 Å². The molecule has 0 fully saturated rings. The normalized spacial score (nSPS) is 14.4. The highest BCUT2D eigenvalue weighted by atomic mass is 19.1. The van der Waals surface area contributed by atoms with Crippen LogP contribution in [-0.4, -0.2) is 11.0 Å². The average Bonchev–Trinajstić information content (AvgIpc) is 3.14. The highest BCUT2D eigenvalue weighted by Crippen LogP contribution is 2.37. The fraction of sp³-hybridized carbons (Fsp3) is 0.174. The van der Waals surface area contributed by atoms with Crippen molar-refractivity contribution in [1.29, 1.82) is 0 Å². The van der Waals surface area contributed by atoms with E-state index in [9.17, 15) is 18.7 Å². The van der Waals surface area contributed by atoms with E-state index in [1.54, 1.807) is 0 Å². The smallest absolute Gasteiger partial charge is 0.252 e. The van der Waals surface area contributed by atoms with Crippen LogP contribution in [0.3, 0.4) is 0 Å². The predicted octanol–water partition coefficient (Wildman–Crippen LogP) is 3.98. The van der Waals surface area contributed by atoms with Crippen molar-refractivity contribution >= 4 is 5.91 Å². The van der Waals surface area contributed by atoms with Crippen LogP contribution in [0.5, 0.6) is 17.2 Å². The van der Waals surface area contributed by atoms with Gasteiger partial charge in [0, 0.05) is 12.1 Å². The molecule has 1 atom stereocenters. The first-order valence-electron chi connectivity index (χ1n) is 9.45. The summed E-state index contributed by atoms with van der Waals surface area (Å²) in [5.74, 6) is -3.70. The monoisotopic (exact) mass is 410 g/mol. The van der Waals surface area contributed by atoms with Crippen molar-refractivity contribution in [3.63, 3.8) is 0 Å². The van der Waals surface area contributed by atoms with Crippen molar-refractivity contribution in [2.24, 2.45) is 17.4 Å². The van der Waals surface area contributed by atoms with Gasteiger partial charge in [-0.3, -0.25) is 4.79 Å². The molecule has 0 radical (unpaired) electrons. The Morgan fingerprint density at radius 1 is 1.03 bits per heavy atom. The number of hydrogen-bond acceptors (Lipinski definition) is 4. The van der Waals surface area contributed by atoms with E-state index in [0.29, 0.717) is 5.56 Å². The van der Waals surface area contributed by atoms with Gasteiger partial charge >= 0.3 is 0 Å². The van der Waals surface area contributed by atoms with Crippen LogP contribution in [0.4, 0.5) is 8.78 Å². The summed E-state index contributed by atoms with van der Waals surface area (Å²) in [5.41, 5.74) is 14.1. The summed E-state index contributed by atoms with van der Waals surface area (Å²) in [5, 5.41) is 9.81. The van der Waals surface area contributed by atoms with Gasteiger partial charge in [0.15, 0.2) is 17.4 Å². The van der Waals surface area contributed by atoms with Crippen LogP contribution < -0.4 is 16.2 Å². The second kappa shape index (κ2) is 7.76. The van der Waals surface area contributed by atoms with E-state index in [-0.39, 0.29) is 17.2 Å². The molecule has 7 heteroatoms. The van der Waals surface area contributed by atoms with Crippen molar-refractivity contribution in [2.45, 2.75) is 18.9 Å². The lowest BCUT2D eigenvalue weighted by Gasteiger charge is -2.20. The third kappa shape index (κ3) is 3.71. The molecule has 5 N–H and O–H groups in total. The lowest BCUT2D eigenvalue weighted by molar-refractivity contribution is 0.0997. The molecule has 0 bridgehead atoms. The molecule has 5 nitrogen and oxygen atoms in total. The van der Waals surface area contributed by atoms with Crippen LogP contribution in [0.1, 0.15) is 33.1 Å². The van der Waals surface area contributed by atoms with Crippen molar-refractivity contribution in [2.75, 3.05) is 0 Å². The topological polar surface area (TPSA) is 98.6 Å². The fourth-order valence-electron chi connectivity index (χ4n) is 3.89. The van der Waals surface area contributed by atoms with E-state index in [2.05, 4.69) is 0 Å². The molecule has 1 amide bonds. The minimum Gasteiger partial charge on any atom is -0.507 e. The summed E-state index contributed by atoms with van der Waals surface area (Å²) in [7, 11) is 0. The van der Waals surface area contributed by atoms with E-state index in [1.807, 2.05) is 24.3 Å². The minimum absolute atomic E-state index is 0.0430. The molecular weight excluding hydrogens is 390 g/mol. The van der Waals surface area contributed by atoms with Crippen LogP contribution >= 0.6 is 0 Å². The number of aromatic hydroxyl groups is 1. The maximum absolute atomic E-state index is 14.7. The molecule has 0 aromatic heterocycles. The number of ether oxygens (including phenoxy) is 1. The minimum atomic E-state index is -0.908. The van der Waals surface area contributed by atoms with Crippen LogP contribution in [0.2, 0.25) is 0 Å². The molecule has 3 aromatic carbocycles. The van der Waals surface area contributed by atoms with E-state index in [4.69, 9.17) is 16.2 Å². The quantitative estimate of drug-likeness (QED) is 0.593. The van der Waals surface area contributed by atoms with Crippen LogP contribution in [0, 0.1) is 17.6 Å². The van der Waals surface area contributed by atoms with Crippen LogP contribution in [-0.2, 0) is 12.8 Å². The predicted molar refractivity (Wildman–Crippen MR) is 107 cm³/mol. The summed E-state index contributed by atoms with van der Waals surface area (Å²) in [6, 6.07) is 13.4. The number of benzene rings is 3. The zero-order chi connectivity index (χ0) is 21.4. The molecule has 0 saturated heterocycles. The van der Waals surface area contributed by atoms with Gasteiger partial charge in [0.05, 0.1) is 5.56 Å². The first-order valence-corrected chi connectivity index (χ1v) is 9.45. The standard InChI is InChI=1S/C23H20F2N2O3/c24-18-9-15(21(26)14-7-12-3-1-2-4-13(12)8-14)10-19(25)22(18)30-16-5-6-17(23(27)29)20(28)11-16/h1-6,9-11,14,21,28H,7-8,26H2,(H2,27,29). The Balaban J connectivity index is 1.55. The van der Waals surface area contributed by atoms with Crippen molar-refractivity contribution in [3.8, 4) is 17.2 Å². The second-order valence-corrected chi connectivity index (χ2v) is 7.42. The molecule has 154 valence electrons. The molecule has 3 aromatic rings. The van der Waals surface area contributed by atoms with E-state index >= 15 is 0 Å². The van der Waals surface area contributed by atoms with Crippen LogP contribution in [0.15, 0.2) is 54.6 Å². The fourth-order valence-corrected chi connectivity index (χ4v) is 3.89. The third-order valence-electron chi connectivity index (χ3n) is 5.45. The Morgan fingerprint density at radius 3 is 2.17 bits per heavy atom. The number of fused-ring (bicyclic) bond motifs is 1. The molecule has 0 saturated carbocycles. The first kappa shape index (κ1) is 19.8. The Hall–Kier alpha value is -3.45. The number of carbonyl (C=O) groups is 1. The molecule has 1 aliphatic carbocycles. The summed E-state index contributed by atoms with van der Waals surface area (Å²) in [6.07, 6.45) is 1.51. The number of phenols is 1. The highest BCUT2D eigenvalue weighted by Gasteiger charge is 2.28. The molecule has 1 aliphatic rings. The summed E-state index contributed by atoms with van der Waals surface area (Å²) >= 11 is 0. The molecule has 0 heterocycles. The Kier molecular flexibility index (Phi) is 5.13. The summed E-state index contributed by atoms with van der Waals surface area (Å²) < 4.78 is 34.6. The number of amides is 1. The van der Waals surface area contributed by atoms with Gasteiger partial charge in [0.2, 0.25) is 0 Å². The largest absolute Gasteiger partial charge is 0.507 e. The molecule has 0 aliphatic heterocycles. The summed E-state index contributed by atoms with van der Waals surface area (Å²) in [4.78, 5) is 11.2. The van der Waals surface area contributed by atoms with Gasteiger partial charge in [-0.05, 0) is 59.7 Å². The average molecular weight is 410 g/mol. The van der Waals surface area contributed by atoms with Gasteiger partial charge < -0.3 is 21.3 Å². The molecule has 30 heavy (non-hydrogen) atoms. The highest BCUT2D eigenvalue weighted by molar-refractivity contribution is 5.95. The van der Waals surface area contributed by atoms with Gasteiger partial charge in [-0.1, -0.05) is 24.3 Å². The van der Waals surface area contributed by atoms with E-state index < -0.39 is 35.1 Å². The molecule has 1 unspecified atom stereocenters. The zero-order valence-electron chi connectivity index (χ0n) is 15.9. The maximum atomic E-state index is 14.7. The number of rotatable bonds is 5. The number of hydrogen-bond donors (Lipinski definition) is 3. The first-order chi connectivity index (χ1) is 14.3. The van der Waals surface area contributed by atoms with E-state index in [0.717, 1.165) is 18.9 Å². The Bertz CT molecular complexity index is 1090. The Labute approximate surface area is 171 Å². The van der Waals surface area contributed by atoms with Gasteiger partial charge in [-0.2, -0.15) is 0 Å². The maximum Gasteiger partial charge on any atom is 0.252 e. The van der Waals surface area contributed by atoms with Crippen LogP contribution in [0.25, 0.3) is 0 Å². The van der Waals surface area contributed by atoms with Gasteiger partial charge in [0.1, 0.15) is 11.5 Å². The van der Waals surface area contributed by atoms with Gasteiger partial charge in [-0.25, -0.2) is 8.78 Å². The zero-order valence-corrected chi connectivity index (χ0v) is 15.9. The summed E-state index contributed by atoms with van der Waals surface area (Å²) in [6.45, 7) is 0. The number of nitrogens with two attached hydrogens (primary N) is 2. The second-order valence-electron chi connectivity index (χ2n) is 7.42. The third-order valence-corrected chi connectivity index (χ3v) is 5.45.